The lowest BCUT2D eigenvalue weighted by atomic mass is 9.86. The van der Waals surface area contributed by atoms with Gasteiger partial charge in [-0.05, 0) is 43.0 Å². The molecule has 1 N–H and O–H groups in total. The minimum atomic E-state index is -0.707. The first-order valence-electron chi connectivity index (χ1n) is 8.16. The molecule has 2 aromatic rings. The van der Waals surface area contributed by atoms with Crippen molar-refractivity contribution in [3.63, 3.8) is 0 Å². The minimum Gasteiger partial charge on any atom is -0.388 e. The predicted molar refractivity (Wildman–Crippen MR) is 85.7 cm³/mol. The number of benzene rings is 1. The zero-order valence-electron chi connectivity index (χ0n) is 13.5. The number of hydrogen-bond donors (Lipinski definition) is 1. The highest BCUT2D eigenvalue weighted by molar-refractivity contribution is 5.76. The summed E-state index contributed by atoms with van der Waals surface area (Å²) in [6.07, 6.45) is 4.36. The van der Waals surface area contributed by atoms with Gasteiger partial charge in [0, 0.05) is 11.6 Å². The summed E-state index contributed by atoms with van der Waals surface area (Å²) in [5, 5.41) is 6.99. The van der Waals surface area contributed by atoms with Crippen LogP contribution in [0.15, 0.2) is 33.5 Å². The van der Waals surface area contributed by atoms with E-state index in [9.17, 15) is 14.0 Å². The monoisotopic (exact) mass is 333 g/mol. The molecule has 1 aliphatic rings. The van der Waals surface area contributed by atoms with Gasteiger partial charge in [-0.15, -0.1) is 5.10 Å². The standard InChI is InChI=1S/C17H20FN3O3/c1-11-4-2-3-5-14(11)19-15(22)10-21-17(23)24-16(20-21)12-6-8-13(18)9-7-12/h6-9,11,14H,2-5,10H2,1H3,(H,19,22)/t11-,14+/m1/s1. The Kier molecular flexibility index (Phi) is 4.78. The third-order valence-electron chi connectivity index (χ3n) is 4.45. The Labute approximate surface area is 138 Å². The second kappa shape index (κ2) is 6.98. The van der Waals surface area contributed by atoms with Crippen molar-refractivity contribution < 1.29 is 13.6 Å². The van der Waals surface area contributed by atoms with E-state index in [4.69, 9.17) is 4.42 Å². The highest BCUT2D eigenvalue weighted by Gasteiger charge is 2.23. The van der Waals surface area contributed by atoms with Crippen molar-refractivity contribution in [2.75, 3.05) is 0 Å². The van der Waals surface area contributed by atoms with E-state index in [2.05, 4.69) is 17.3 Å². The number of hydrogen-bond acceptors (Lipinski definition) is 4. The van der Waals surface area contributed by atoms with Crippen molar-refractivity contribution in [2.24, 2.45) is 5.92 Å². The molecule has 1 heterocycles. The molecule has 1 saturated carbocycles. The Morgan fingerprint density at radius 3 is 2.75 bits per heavy atom. The molecule has 3 rings (SSSR count). The molecule has 0 saturated heterocycles. The molecule has 24 heavy (non-hydrogen) atoms. The molecule has 0 aliphatic heterocycles. The average molecular weight is 333 g/mol. The van der Waals surface area contributed by atoms with Crippen molar-refractivity contribution in [3.05, 3.63) is 40.6 Å². The summed E-state index contributed by atoms with van der Waals surface area (Å²) in [6.45, 7) is 1.94. The zero-order valence-corrected chi connectivity index (χ0v) is 13.5. The predicted octanol–water partition coefficient (Wildman–Crippen LogP) is 2.34. The Bertz CT molecular complexity index is 766. The summed E-state index contributed by atoms with van der Waals surface area (Å²) in [5.41, 5.74) is 0.480. The van der Waals surface area contributed by atoms with Crippen LogP contribution in [0, 0.1) is 11.7 Å². The number of carbonyl (C=O) groups excluding carboxylic acids is 1. The van der Waals surface area contributed by atoms with Crippen LogP contribution in [0.3, 0.4) is 0 Å². The van der Waals surface area contributed by atoms with Gasteiger partial charge in [0.1, 0.15) is 12.4 Å². The van der Waals surface area contributed by atoms with Crippen LogP contribution >= 0.6 is 0 Å². The molecule has 1 aliphatic carbocycles. The number of nitrogens with zero attached hydrogens (tertiary/aromatic N) is 2. The maximum absolute atomic E-state index is 12.9. The fourth-order valence-electron chi connectivity index (χ4n) is 3.03. The SMILES string of the molecule is C[C@@H]1CCCC[C@@H]1NC(=O)Cn1nc(-c2ccc(F)cc2)oc1=O. The first-order valence-corrected chi connectivity index (χ1v) is 8.16. The van der Waals surface area contributed by atoms with Crippen molar-refractivity contribution in [2.45, 2.75) is 45.2 Å². The molecular weight excluding hydrogens is 313 g/mol. The molecule has 128 valence electrons. The van der Waals surface area contributed by atoms with Gasteiger partial charge in [-0.2, -0.15) is 4.68 Å². The molecule has 0 unspecified atom stereocenters. The lowest BCUT2D eigenvalue weighted by Crippen LogP contribution is -2.43. The Hall–Kier alpha value is -2.44. The van der Waals surface area contributed by atoms with Crippen LogP contribution in [0.25, 0.3) is 11.5 Å². The van der Waals surface area contributed by atoms with Gasteiger partial charge in [-0.3, -0.25) is 4.79 Å². The van der Waals surface area contributed by atoms with Crippen LogP contribution in [-0.2, 0) is 11.3 Å². The summed E-state index contributed by atoms with van der Waals surface area (Å²) in [6, 6.07) is 5.59. The van der Waals surface area contributed by atoms with Gasteiger partial charge < -0.3 is 9.73 Å². The van der Waals surface area contributed by atoms with Gasteiger partial charge in [-0.25, -0.2) is 9.18 Å². The van der Waals surface area contributed by atoms with E-state index in [1.54, 1.807) is 0 Å². The third-order valence-corrected chi connectivity index (χ3v) is 4.45. The van der Waals surface area contributed by atoms with E-state index in [1.807, 2.05) is 0 Å². The van der Waals surface area contributed by atoms with Crippen molar-refractivity contribution in [3.8, 4) is 11.5 Å². The molecule has 1 aromatic carbocycles. The van der Waals surface area contributed by atoms with E-state index in [0.717, 1.165) is 23.9 Å². The van der Waals surface area contributed by atoms with Gasteiger partial charge in [-0.1, -0.05) is 19.8 Å². The molecule has 1 aromatic heterocycles. The highest BCUT2D eigenvalue weighted by atomic mass is 19.1. The fourth-order valence-corrected chi connectivity index (χ4v) is 3.03. The van der Waals surface area contributed by atoms with E-state index < -0.39 is 5.76 Å². The number of carbonyl (C=O) groups is 1. The summed E-state index contributed by atoms with van der Waals surface area (Å²) < 4.78 is 19.0. The molecule has 6 nitrogen and oxygen atoms in total. The number of halogens is 1. The van der Waals surface area contributed by atoms with Crippen LogP contribution in [0.5, 0.6) is 0 Å². The number of nitrogens with one attached hydrogen (secondary N) is 1. The zero-order chi connectivity index (χ0) is 17.1. The van der Waals surface area contributed by atoms with Gasteiger partial charge in [0.2, 0.25) is 11.8 Å². The lowest BCUT2D eigenvalue weighted by Gasteiger charge is -2.29. The van der Waals surface area contributed by atoms with Gasteiger partial charge in [0.05, 0.1) is 0 Å². The van der Waals surface area contributed by atoms with Crippen molar-refractivity contribution in [1.29, 1.82) is 0 Å². The summed E-state index contributed by atoms with van der Waals surface area (Å²) in [7, 11) is 0. The number of amides is 1. The van der Waals surface area contributed by atoms with Crippen LogP contribution in [0.2, 0.25) is 0 Å². The Morgan fingerprint density at radius 1 is 1.33 bits per heavy atom. The summed E-state index contributed by atoms with van der Waals surface area (Å²) >= 11 is 0. The topological polar surface area (TPSA) is 77.1 Å². The second-order valence-corrected chi connectivity index (χ2v) is 6.27. The van der Waals surface area contributed by atoms with E-state index in [1.165, 1.54) is 30.7 Å². The largest absolute Gasteiger partial charge is 0.437 e. The normalized spacial score (nSPS) is 20.8. The highest BCUT2D eigenvalue weighted by Crippen LogP contribution is 2.23. The minimum absolute atomic E-state index is 0.0684. The van der Waals surface area contributed by atoms with E-state index in [0.29, 0.717) is 11.5 Å². The first kappa shape index (κ1) is 16.4. The molecule has 1 fully saturated rings. The van der Waals surface area contributed by atoms with Gasteiger partial charge >= 0.3 is 5.76 Å². The van der Waals surface area contributed by atoms with Crippen molar-refractivity contribution >= 4 is 5.91 Å². The number of rotatable bonds is 4. The molecule has 1 amide bonds. The maximum atomic E-state index is 12.9. The second-order valence-electron chi connectivity index (χ2n) is 6.27. The van der Waals surface area contributed by atoms with Gasteiger partial charge in [0.15, 0.2) is 0 Å². The van der Waals surface area contributed by atoms with Crippen LogP contribution in [0.1, 0.15) is 32.6 Å². The quantitative estimate of drug-likeness (QED) is 0.931. The average Bonchev–Trinajstić information content (AvgIpc) is 2.91. The van der Waals surface area contributed by atoms with Crippen LogP contribution in [0.4, 0.5) is 4.39 Å². The number of aromatic nitrogens is 2. The summed E-state index contributed by atoms with van der Waals surface area (Å²) in [5.74, 6) is -0.845. The van der Waals surface area contributed by atoms with Crippen LogP contribution < -0.4 is 11.1 Å². The summed E-state index contributed by atoms with van der Waals surface area (Å²) in [4.78, 5) is 24.0. The van der Waals surface area contributed by atoms with Crippen LogP contribution in [-0.4, -0.2) is 21.7 Å². The molecular formula is C17H20FN3O3. The first-order chi connectivity index (χ1) is 11.5. The third kappa shape index (κ3) is 3.72. The molecule has 2 atom stereocenters. The van der Waals surface area contributed by atoms with Gasteiger partial charge in [0.25, 0.3) is 0 Å². The molecule has 0 spiro atoms. The fraction of sp³-hybridized carbons (Fsp3) is 0.471. The van der Waals surface area contributed by atoms with E-state index >= 15 is 0 Å². The maximum Gasteiger partial charge on any atom is 0.437 e. The Morgan fingerprint density at radius 2 is 2.04 bits per heavy atom. The lowest BCUT2D eigenvalue weighted by molar-refractivity contribution is -0.123. The molecule has 0 bridgehead atoms. The Balaban J connectivity index is 1.68. The smallest absolute Gasteiger partial charge is 0.388 e. The van der Waals surface area contributed by atoms with E-state index in [-0.39, 0.29) is 30.2 Å². The molecule has 0 radical (unpaired) electrons. The molecule has 7 heteroatoms. The van der Waals surface area contributed by atoms with Crippen molar-refractivity contribution in [1.82, 2.24) is 15.1 Å².